The van der Waals surface area contributed by atoms with Crippen LogP contribution in [0.25, 0.3) is 0 Å². The van der Waals surface area contributed by atoms with E-state index < -0.39 is 0 Å². The van der Waals surface area contributed by atoms with Gasteiger partial charge in [-0.3, -0.25) is 0 Å². The summed E-state index contributed by atoms with van der Waals surface area (Å²) >= 11 is 0. The van der Waals surface area contributed by atoms with E-state index in [1.165, 1.54) is 0 Å². The summed E-state index contributed by atoms with van der Waals surface area (Å²) in [6, 6.07) is 0. The Kier molecular flexibility index (Phi) is 33.9. The van der Waals surface area contributed by atoms with E-state index in [0.717, 1.165) is 12.8 Å². The number of rotatable bonds is 2. The van der Waals surface area contributed by atoms with E-state index in [4.69, 9.17) is 15.7 Å². The Morgan fingerprint density at radius 1 is 1.00 bits per heavy atom. The molecule has 0 saturated heterocycles. The molecule has 0 aliphatic heterocycles. The summed E-state index contributed by atoms with van der Waals surface area (Å²) in [5.74, 6) is 0.769. The second kappa shape index (κ2) is 17.7. The van der Waals surface area contributed by atoms with Crippen molar-refractivity contribution in [2.24, 2.45) is 0 Å². The summed E-state index contributed by atoms with van der Waals surface area (Å²) in [7, 11) is 10.6. The number of hydrogen-bond donors (Lipinski definition) is 0. The maximum Gasteiger partial charge on any atom is 1.00 e. The molecule has 0 aliphatic carbocycles. The van der Waals surface area contributed by atoms with Crippen LogP contribution in [0.1, 0.15) is 49.4 Å². The molecule has 0 aromatic heterocycles. The minimum absolute atomic E-state index is 0. The Hall–Kier alpha value is 0.727. The van der Waals surface area contributed by atoms with Crippen LogP contribution in [0, 0.1) is 0 Å². The van der Waals surface area contributed by atoms with Crippen molar-refractivity contribution in [3.05, 3.63) is 0 Å². The van der Waals surface area contributed by atoms with Crippen LogP contribution >= 0.6 is 0 Å². The Bertz CT molecular complexity index is 53.6. The molecule has 0 amide bonds. The fourth-order valence-corrected chi connectivity index (χ4v) is 0. The van der Waals surface area contributed by atoms with Gasteiger partial charge in [0, 0.05) is 0 Å². The average Bonchev–Trinajstić information content (AvgIpc) is 1.89. The van der Waals surface area contributed by atoms with Gasteiger partial charge in [0.1, 0.15) is 0 Å². The standard InChI is InChI=1S/2C4H9B.CH4.Li.H/c2*1-3-4(2)5;;;/h2*4H,3H2,1-2H3;1H4;;/q;;;+1;-1. The maximum absolute atomic E-state index is 5.29. The molecule has 2 atom stereocenters. The quantitative estimate of drug-likeness (QED) is 0.515. The van der Waals surface area contributed by atoms with Crippen LogP contribution in [0.15, 0.2) is 0 Å². The van der Waals surface area contributed by atoms with E-state index in [1.807, 2.05) is 13.8 Å². The zero-order valence-corrected chi connectivity index (χ0v) is 8.72. The zero-order chi connectivity index (χ0) is 8.57. The van der Waals surface area contributed by atoms with E-state index in [1.54, 1.807) is 0 Å². The zero-order valence-electron chi connectivity index (χ0n) is 9.72. The van der Waals surface area contributed by atoms with Crippen LogP contribution in [0.4, 0.5) is 0 Å². The van der Waals surface area contributed by atoms with Gasteiger partial charge in [-0.15, -0.1) is 0 Å². The van der Waals surface area contributed by atoms with Gasteiger partial charge in [0.25, 0.3) is 0 Å². The molecule has 0 N–H and O–H groups in total. The van der Waals surface area contributed by atoms with Crippen molar-refractivity contribution in [2.45, 2.75) is 59.6 Å². The van der Waals surface area contributed by atoms with Crippen molar-refractivity contribution >= 4 is 15.7 Å². The molecular weight excluding hydrogens is 137 g/mol. The second-order valence-corrected chi connectivity index (χ2v) is 2.77. The molecule has 0 aromatic rings. The molecule has 0 saturated carbocycles. The van der Waals surface area contributed by atoms with Crippen molar-refractivity contribution in [1.82, 2.24) is 0 Å². The molecule has 66 valence electrons. The van der Waals surface area contributed by atoms with E-state index >= 15 is 0 Å². The van der Waals surface area contributed by atoms with Gasteiger partial charge in [-0.1, -0.05) is 59.6 Å². The topological polar surface area (TPSA) is 0 Å². The normalized spacial score (nSPS) is 12.3. The molecule has 0 heterocycles. The Labute approximate surface area is 95.8 Å². The molecule has 12 heavy (non-hydrogen) atoms. The molecule has 0 aliphatic rings. The largest absolute Gasteiger partial charge is 1.00 e. The molecule has 0 rings (SSSR count). The summed E-state index contributed by atoms with van der Waals surface area (Å²) < 4.78 is 0. The van der Waals surface area contributed by atoms with Gasteiger partial charge in [0.15, 0.2) is 0 Å². The summed E-state index contributed by atoms with van der Waals surface area (Å²) in [5.41, 5.74) is 0. The van der Waals surface area contributed by atoms with Crippen molar-refractivity contribution in [2.75, 3.05) is 0 Å². The summed E-state index contributed by atoms with van der Waals surface area (Å²) in [6.45, 7) is 8.15. The van der Waals surface area contributed by atoms with Gasteiger partial charge in [0.05, 0.1) is 15.7 Å². The second-order valence-electron chi connectivity index (χ2n) is 2.77. The first-order chi connectivity index (χ1) is 4.54. The third kappa shape index (κ3) is 45.4. The molecule has 2 unspecified atom stereocenters. The van der Waals surface area contributed by atoms with Crippen LogP contribution < -0.4 is 18.9 Å². The van der Waals surface area contributed by atoms with Crippen LogP contribution in [-0.2, 0) is 0 Å². The van der Waals surface area contributed by atoms with Crippen LogP contribution in [0.3, 0.4) is 0 Å². The molecule has 0 bridgehead atoms. The molecule has 0 nitrogen and oxygen atoms in total. The average molecular weight is 160 g/mol. The van der Waals surface area contributed by atoms with E-state index in [9.17, 15) is 0 Å². The molecule has 4 radical (unpaired) electrons. The van der Waals surface area contributed by atoms with Gasteiger partial charge in [-0.25, -0.2) is 0 Å². The van der Waals surface area contributed by atoms with Crippen LogP contribution in [-0.4, -0.2) is 15.7 Å². The minimum atomic E-state index is 0. The maximum atomic E-state index is 5.29. The molecular formula is C9H23B2Li. The van der Waals surface area contributed by atoms with Gasteiger partial charge < -0.3 is 1.43 Å². The predicted molar refractivity (Wildman–Crippen MR) is 58.8 cm³/mol. The van der Waals surface area contributed by atoms with E-state index in [-0.39, 0.29) is 27.7 Å². The first kappa shape index (κ1) is 23.0. The summed E-state index contributed by atoms with van der Waals surface area (Å²) in [4.78, 5) is 0. The Morgan fingerprint density at radius 2 is 1.08 bits per heavy atom. The third-order valence-corrected chi connectivity index (χ3v) is 1.29. The van der Waals surface area contributed by atoms with Gasteiger partial charge in [-0.2, -0.15) is 0 Å². The van der Waals surface area contributed by atoms with Crippen molar-refractivity contribution in [3.8, 4) is 0 Å². The first-order valence-corrected chi connectivity index (χ1v) is 4.05. The smallest absolute Gasteiger partial charge is 1.00 e. The van der Waals surface area contributed by atoms with Gasteiger partial charge in [0.2, 0.25) is 0 Å². The molecule has 0 aromatic carbocycles. The van der Waals surface area contributed by atoms with Crippen molar-refractivity contribution in [1.29, 1.82) is 0 Å². The van der Waals surface area contributed by atoms with Crippen molar-refractivity contribution < 1.29 is 20.3 Å². The summed E-state index contributed by atoms with van der Waals surface area (Å²) in [6.07, 6.45) is 2.17. The van der Waals surface area contributed by atoms with Gasteiger partial charge in [-0.05, 0) is 0 Å². The van der Waals surface area contributed by atoms with Gasteiger partial charge >= 0.3 is 18.9 Å². The fourth-order valence-electron chi connectivity index (χ4n) is 0. The summed E-state index contributed by atoms with van der Waals surface area (Å²) in [5, 5.41) is 0. The molecule has 3 heteroatoms. The first-order valence-electron chi connectivity index (χ1n) is 4.05. The monoisotopic (exact) mass is 160 g/mol. The third-order valence-electron chi connectivity index (χ3n) is 1.29. The number of hydrogen-bond acceptors (Lipinski definition) is 0. The van der Waals surface area contributed by atoms with Crippen molar-refractivity contribution in [3.63, 3.8) is 0 Å². The van der Waals surface area contributed by atoms with Crippen LogP contribution in [0.2, 0.25) is 11.6 Å². The SMILES string of the molecule is C.[B]C(C)CC.[B]C(C)CC.[H-].[Li+]. The van der Waals surface area contributed by atoms with E-state index in [2.05, 4.69) is 13.8 Å². The predicted octanol–water partition coefficient (Wildman–Crippen LogP) is 0.499. The Morgan fingerprint density at radius 3 is 1.08 bits per heavy atom. The Balaban J connectivity index is -0.0000000267. The molecule has 0 spiro atoms. The molecule has 0 fully saturated rings. The van der Waals surface area contributed by atoms with Crippen LogP contribution in [0.5, 0.6) is 0 Å². The fraction of sp³-hybridized carbons (Fsp3) is 1.00. The minimum Gasteiger partial charge on any atom is -1.00 e. The van der Waals surface area contributed by atoms with E-state index in [0.29, 0.717) is 11.6 Å².